The van der Waals surface area contributed by atoms with E-state index in [1.165, 1.54) is 6.42 Å². The van der Waals surface area contributed by atoms with E-state index in [0.29, 0.717) is 35.8 Å². The van der Waals surface area contributed by atoms with E-state index in [-0.39, 0.29) is 48.6 Å². The van der Waals surface area contributed by atoms with Gasteiger partial charge in [-0.25, -0.2) is 0 Å². The molecule has 4 aromatic rings. The molecular formula is C53H66N2O6S2. The van der Waals surface area contributed by atoms with Gasteiger partial charge in [-0.1, -0.05) is 111 Å². The molecule has 8 nitrogen and oxygen atoms in total. The highest BCUT2D eigenvalue weighted by atomic mass is 32.2. The third-order valence-electron chi connectivity index (χ3n) is 13.9. The van der Waals surface area contributed by atoms with E-state index >= 15 is 0 Å². The molecule has 0 heterocycles. The first-order chi connectivity index (χ1) is 30.4. The SMILES string of the molecule is CSc1ccc(C(=O)C(COC(=O)CC2CCC(CC3CCC(CC(=O)OCC(C(=O)c4ccc(SC)cc4)(c4ccccc4)N(C)C)CC3)CC2)(c2ccccc2)N(C)C)cc1. The summed E-state index contributed by atoms with van der Waals surface area (Å²) in [4.78, 5) is 61.4. The number of rotatable bonds is 20. The Morgan fingerprint density at radius 2 is 0.810 bits per heavy atom. The number of benzene rings is 4. The summed E-state index contributed by atoms with van der Waals surface area (Å²) in [5, 5.41) is 0. The molecule has 0 radical (unpaired) electrons. The summed E-state index contributed by atoms with van der Waals surface area (Å²) in [6.45, 7) is -0.112. The molecule has 2 aliphatic carbocycles. The van der Waals surface area contributed by atoms with E-state index in [2.05, 4.69) is 0 Å². The Balaban J connectivity index is 0.959. The highest BCUT2D eigenvalue weighted by Crippen LogP contribution is 2.41. The smallest absolute Gasteiger partial charge is 0.306 e. The number of nitrogens with zero attached hydrogens (tertiary/aromatic N) is 2. The van der Waals surface area contributed by atoms with Gasteiger partial charge in [-0.2, -0.15) is 0 Å². The third-order valence-corrected chi connectivity index (χ3v) is 15.4. The van der Waals surface area contributed by atoms with E-state index in [1.807, 2.05) is 160 Å². The van der Waals surface area contributed by atoms with Crippen molar-refractivity contribution in [2.75, 3.05) is 53.9 Å². The minimum absolute atomic E-state index is 0.0561. The van der Waals surface area contributed by atoms with Crippen LogP contribution in [0.2, 0.25) is 0 Å². The lowest BCUT2D eigenvalue weighted by molar-refractivity contribution is -0.149. The van der Waals surface area contributed by atoms with Crippen molar-refractivity contribution in [1.29, 1.82) is 0 Å². The predicted molar refractivity (Wildman–Crippen MR) is 255 cm³/mol. The Labute approximate surface area is 384 Å². The van der Waals surface area contributed by atoms with E-state index in [4.69, 9.17) is 9.47 Å². The van der Waals surface area contributed by atoms with Crippen molar-refractivity contribution in [3.63, 3.8) is 0 Å². The Hall–Kier alpha value is -4.22. The average Bonchev–Trinajstić information content (AvgIpc) is 3.31. The summed E-state index contributed by atoms with van der Waals surface area (Å²) in [5.41, 5.74) is 0.443. The van der Waals surface area contributed by atoms with E-state index in [1.54, 1.807) is 23.5 Å². The van der Waals surface area contributed by atoms with E-state index in [9.17, 15) is 19.2 Å². The lowest BCUT2D eigenvalue weighted by Crippen LogP contribution is -2.52. The number of carbonyl (C=O) groups excluding carboxylic acids is 4. The normalized spacial score (nSPS) is 21.0. The summed E-state index contributed by atoms with van der Waals surface area (Å²) < 4.78 is 12.1. The molecule has 2 saturated carbocycles. The van der Waals surface area contributed by atoms with Crippen molar-refractivity contribution in [2.24, 2.45) is 23.7 Å². The van der Waals surface area contributed by atoms with Crippen LogP contribution in [0.15, 0.2) is 119 Å². The van der Waals surface area contributed by atoms with Crippen LogP contribution in [-0.4, -0.2) is 87.2 Å². The number of carbonyl (C=O) groups is 4. The maximum absolute atomic E-state index is 14.3. The van der Waals surface area contributed by atoms with E-state index < -0.39 is 11.1 Å². The fourth-order valence-electron chi connectivity index (χ4n) is 9.90. The number of hydrogen-bond acceptors (Lipinski definition) is 10. The van der Waals surface area contributed by atoms with Gasteiger partial charge < -0.3 is 9.47 Å². The van der Waals surface area contributed by atoms with Crippen molar-refractivity contribution in [3.05, 3.63) is 131 Å². The largest absolute Gasteiger partial charge is 0.463 e. The second-order valence-electron chi connectivity index (χ2n) is 18.1. The second-order valence-corrected chi connectivity index (χ2v) is 19.9. The summed E-state index contributed by atoms with van der Waals surface area (Å²) in [6, 6.07) is 34.5. The maximum atomic E-state index is 14.3. The molecule has 0 aromatic heterocycles. The Morgan fingerprint density at radius 1 is 0.492 bits per heavy atom. The number of Topliss-reactive ketones (excluding diaryl/α,β-unsaturated/α-hetero) is 2. The van der Waals surface area contributed by atoms with Crippen molar-refractivity contribution >= 4 is 47.0 Å². The molecule has 2 fully saturated rings. The number of likely N-dealkylation sites (N-methyl/N-ethyl adjacent to an activating group) is 2. The van der Waals surface area contributed by atoms with Gasteiger partial charge >= 0.3 is 11.9 Å². The van der Waals surface area contributed by atoms with Gasteiger partial charge in [0.15, 0.2) is 11.6 Å². The van der Waals surface area contributed by atoms with Crippen LogP contribution in [0.3, 0.4) is 0 Å². The van der Waals surface area contributed by atoms with Crippen LogP contribution in [0, 0.1) is 23.7 Å². The predicted octanol–water partition coefficient (Wildman–Crippen LogP) is 11.0. The zero-order valence-corrected chi connectivity index (χ0v) is 39.7. The van der Waals surface area contributed by atoms with Crippen LogP contribution >= 0.6 is 23.5 Å². The molecule has 6 rings (SSSR count). The molecule has 2 aliphatic rings. The third kappa shape index (κ3) is 11.7. The van der Waals surface area contributed by atoms with Crippen LogP contribution in [0.1, 0.15) is 102 Å². The second kappa shape index (κ2) is 22.6. The van der Waals surface area contributed by atoms with Crippen LogP contribution in [-0.2, 0) is 30.1 Å². The standard InChI is InChI=1S/C53H66N2O6S2/c1-54(2)52(44-13-9-7-10-14-44,50(58)42-25-29-46(62-5)30-26-42)36-60-48(56)34-40-21-17-38(18-22-40)33-39-19-23-41(24-20-39)35-49(57)61-37-53(55(3)4,45-15-11-8-12-16-45)51(59)43-27-31-47(63-6)32-28-43/h7-16,25-32,38-41H,17-24,33-37H2,1-6H3. The quantitative estimate of drug-likeness (QED) is 0.0485. The first kappa shape index (κ1) is 48.2. The van der Waals surface area contributed by atoms with Gasteiger partial charge in [0.25, 0.3) is 0 Å². The molecule has 0 aliphatic heterocycles. The topological polar surface area (TPSA) is 93.2 Å². The van der Waals surface area contributed by atoms with Gasteiger partial charge in [0.1, 0.15) is 24.3 Å². The fraction of sp³-hybridized carbons (Fsp3) is 0.472. The van der Waals surface area contributed by atoms with Crippen molar-refractivity contribution in [3.8, 4) is 0 Å². The first-order valence-electron chi connectivity index (χ1n) is 22.5. The monoisotopic (exact) mass is 890 g/mol. The van der Waals surface area contributed by atoms with Gasteiger partial charge in [-0.05, 0) is 132 Å². The highest BCUT2D eigenvalue weighted by Gasteiger charge is 2.46. The molecule has 0 amide bonds. The van der Waals surface area contributed by atoms with Crippen LogP contribution in [0.4, 0.5) is 0 Å². The molecule has 0 bridgehead atoms. The molecule has 0 spiro atoms. The minimum Gasteiger partial charge on any atom is -0.463 e. The zero-order chi connectivity index (χ0) is 45.0. The number of ether oxygens (including phenoxy) is 2. The molecule has 0 N–H and O–H groups in total. The maximum Gasteiger partial charge on any atom is 0.306 e. The number of thioether (sulfide) groups is 2. The highest BCUT2D eigenvalue weighted by molar-refractivity contribution is 7.98. The minimum atomic E-state index is -1.16. The summed E-state index contributed by atoms with van der Waals surface area (Å²) in [6.07, 6.45) is 14.4. The lowest BCUT2D eigenvalue weighted by Gasteiger charge is -2.39. The molecule has 2 atom stereocenters. The van der Waals surface area contributed by atoms with Gasteiger partial charge in [0, 0.05) is 33.8 Å². The summed E-state index contributed by atoms with van der Waals surface area (Å²) in [7, 11) is 7.49. The average molecular weight is 891 g/mol. The van der Waals surface area contributed by atoms with Gasteiger partial charge in [0.05, 0.1) is 0 Å². The Kier molecular flexibility index (Phi) is 17.3. The molecule has 0 saturated heterocycles. The van der Waals surface area contributed by atoms with E-state index in [0.717, 1.165) is 72.3 Å². The van der Waals surface area contributed by atoms with Gasteiger partial charge in [-0.3, -0.25) is 29.0 Å². The summed E-state index contributed by atoms with van der Waals surface area (Å²) in [5.74, 6) is 1.15. The molecule has 2 unspecified atom stereocenters. The van der Waals surface area contributed by atoms with Gasteiger partial charge in [-0.15, -0.1) is 23.5 Å². The number of ketones is 2. The van der Waals surface area contributed by atoms with Crippen LogP contribution < -0.4 is 0 Å². The van der Waals surface area contributed by atoms with Crippen molar-refractivity contribution in [1.82, 2.24) is 9.80 Å². The molecule has 10 heteroatoms. The Bertz CT molecular complexity index is 1950. The molecule has 4 aromatic carbocycles. The van der Waals surface area contributed by atoms with Crippen LogP contribution in [0.5, 0.6) is 0 Å². The molecule has 63 heavy (non-hydrogen) atoms. The first-order valence-corrected chi connectivity index (χ1v) is 25.0. The zero-order valence-electron chi connectivity index (χ0n) is 38.1. The molecular weight excluding hydrogens is 825 g/mol. The van der Waals surface area contributed by atoms with Crippen molar-refractivity contribution in [2.45, 2.75) is 91.5 Å². The number of hydrogen-bond donors (Lipinski definition) is 0. The lowest BCUT2D eigenvalue weighted by atomic mass is 9.72. The van der Waals surface area contributed by atoms with Crippen LogP contribution in [0.25, 0.3) is 0 Å². The summed E-state index contributed by atoms with van der Waals surface area (Å²) >= 11 is 3.26. The van der Waals surface area contributed by atoms with Gasteiger partial charge in [0.2, 0.25) is 0 Å². The Morgan fingerprint density at radius 3 is 1.11 bits per heavy atom. The fourth-order valence-corrected chi connectivity index (χ4v) is 10.7. The van der Waals surface area contributed by atoms with Crippen molar-refractivity contribution < 1.29 is 28.7 Å². The number of esters is 2. The molecule has 336 valence electrons.